The molecule has 2 aromatic carbocycles. The molecule has 2 heteroatoms. The van der Waals surface area contributed by atoms with Crippen LogP contribution in [0.15, 0.2) is 42.5 Å². The molecule has 0 unspecified atom stereocenters. The molecule has 3 rings (SSSR count). The summed E-state index contributed by atoms with van der Waals surface area (Å²) in [6.07, 6.45) is 4.50. The fraction of sp³-hybridized carbons (Fsp3) is 0.267. The van der Waals surface area contributed by atoms with Gasteiger partial charge in [-0.25, -0.2) is 0 Å². The van der Waals surface area contributed by atoms with Gasteiger partial charge in [0, 0.05) is 0 Å². The van der Waals surface area contributed by atoms with Crippen LogP contribution in [0.2, 0.25) is 0 Å². The molecule has 2 aromatic rings. The summed E-state index contributed by atoms with van der Waals surface area (Å²) >= 11 is 4.60. The van der Waals surface area contributed by atoms with E-state index in [4.69, 9.17) is 4.74 Å². The smallest absolute Gasteiger partial charge is 0.146 e. The van der Waals surface area contributed by atoms with Gasteiger partial charge in [0.1, 0.15) is 12.2 Å². The maximum Gasteiger partial charge on any atom is 0.146 e. The van der Waals surface area contributed by atoms with E-state index in [1.165, 1.54) is 35.6 Å². The van der Waals surface area contributed by atoms with Gasteiger partial charge in [0.25, 0.3) is 0 Å². The molecule has 1 fully saturated rings. The lowest BCUT2D eigenvalue weighted by Gasteiger charge is -2.02. The first-order valence-corrected chi connectivity index (χ1v) is 6.40. The minimum absolute atomic E-state index is 0.550. The average Bonchev–Trinajstić information content (AvgIpc) is 3.24. The Morgan fingerprint density at radius 3 is 2.35 bits per heavy atom. The van der Waals surface area contributed by atoms with Gasteiger partial charge in [-0.15, -0.1) is 0 Å². The lowest BCUT2D eigenvalue weighted by molar-refractivity contribution is 0.315. The number of hydrogen-bond acceptors (Lipinski definition) is 2. The topological polar surface area (TPSA) is 9.23 Å². The van der Waals surface area contributed by atoms with Crippen LogP contribution in [0.5, 0.6) is 0 Å². The van der Waals surface area contributed by atoms with Gasteiger partial charge in [0.2, 0.25) is 0 Å². The predicted octanol–water partition coefficient (Wildman–Crippen LogP) is 4.48. The molecule has 0 radical (unpaired) electrons. The summed E-state index contributed by atoms with van der Waals surface area (Å²) in [5.41, 5.74) is 2.44. The van der Waals surface area contributed by atoms with Crippen molar-refractivity contribution in [2.75, 3.05) is 0 Å². The lowest BCUT2D eigenvalue weighted by atomic mass is 10.1. The number of ether oxygens (including phenoxy) is 1. The van der Waals surface area contributed by atoms with Crippen molar-refractivity contribution in [3.8, 4) is 0 Å². The van der Waals surface area contributed by atoms with Crippen LogP contribution in [0, 0.1) is 0 Å². The number of benzene rings is 2. The summed E-state index contributed by atoms with van der Waals surface area (Å²) in [7, 11) is 0. The fourth-order valence-electron chi connectivity index (χ4n) is 1.46. The van der Waals surface area contributed by atoms with Crippen LogP contribution in [0.25, 0.3) is 10.8 Å². The van der Waals surface area contributed by atoms with Crippen LogP contribution in [-0.2, 0) is 11.3 Å². The summed E-state index contributed by atoms with van der Waals surface area (Å²) in [5.74, 6) is 0. The quantitative estimate of drug-likeness (QED) is 0.736. The van der Waals surface area contributed by atoms with Crippen LogP contribution >= 0.6 is 12.2 Å². The standard InChI is InChI=1S/C12H10OS.C3H6/c14-9-13-8-10-5-6-11-3-1-2-4-12(11)7-10;1-2-3-1/h1-7,9H,8H2;1-3H2. The summed E-state index contributed by atoms with van der Waals surface area (Å²) in [6, 6.07) is 14.5. The van der Waals surface area contributed by atoms with Gasteiger partial charge >= 0.3 is 0 Å². The van der Waals surface area contributed by atoms with E-state index in [1.807, 2.05) is 12.1 Å². The van der Waals surface area contributed by atoms with Gasteiger partial charge in [-0.1, -0.05) is 55.7 Å². The second-order valence-corrected chi connectivity index (χ2v) is 4.34. The number of thiocarbonyl (C=S) groups is 1. The second kappa shape index (κ2) is 6.36. The molecule has 0 aromatic heterocycles. The Hall–Kier alpha value is -1.41. The molecule has 1 aliphatic rings. The third-order valence-corrected chi connectivity index (χ3v) is 2.62. The summed E-state index contributed by atoms with van der Waals surface area (Å²) < 4.78 is 5.06. The number of fused-ring (bicyclic) bond motifs is 1. The molecule has 17 heavy (non-hydrogen) atoms. The van der Waals surface area contributed by atoms with Crippen molar-refractivity contribution in [3.05, 3.63) is 48.0 Å². The maximum absolute atomic E-state index is 5.06. The normalized spacial score (nSPS) is 12.5. The highest BCUT2D eigenvalue weighted by atomic mass is 32.1. The Labute approximate surface area is 107 Å². The molecule has 0 heterocycles. The Morgan fingerprint density at radius 1 is 1.00 bits per heavy atom. The Balaban J connectivity index is 0.000000313. The third kappa shape index (κ3) is 4.16. The van der Waals surface area contributed by atoms with Crippen molar-refractivity contribution >= 4 is 28.5 Å². The molecule has 0 spiro atoms. The zero-order chi connectivity index (χ0) is 11.9. The highest BCUT2D eigenvalue weighted by molar-refractivity contribution is 7.78. The molecule has 0 aliphatic heterocycles. The van der Waals surface area contributed by atoms with Crippen LogP contribution in [-0.4, -0.2) is 5.55 Å². The highest BCUT2D eigenvalue weighted by Crippen LogP contribution is 2.16. The van der Waals surface area contributed by atoms with E-state index in [-0.39, 0.29) is 0 Å². The summed E-state index contributed by atoms with van der Waals surface area (Å²) in [4.78, 5) is 0. The van der Waals surface area contributed by atoms with Crippen molar-refractivity contribution in [1.82, 2.24) is 0 Å². The van der Waals surface area contributed by atoms with E-state index in [0.29, 0.717) is 6.61 Å². The molecule has 0 amide bonds. The largest absolute Gasteiger partial charge is 0.485 e. The number of hydrogen-bond donors (Lipinski definition) is 0. The van der Waals surface area contributed by atoms with E-state index in [1.54, 1.807) is 0 Å². The molecular formula is C15H16OS. The van der Waals surface area contributed by atoms with Crippen LogP contribution in [0.4, 0.5) is 0 Å². The molecule has 1 saturated carbocycles. The third-order valence-electron chi connectivity index (χ3n) is 2.49. The zero-order valence-electron chi connectivity index (χ0n) is 9.76. The van der Waals surface area contributed by atoms with Crippen molar-refractivity contribution in [1.29, 1.82) is 0 Å². The molecule has 0 atom stereocenters. The molecule has 0 saturated heterocycles. The van der Waals surface area contributed by atoms with E-state index in [9.17, 15) is 0 Å². The van der Waals surface area contributed by atoms with Gasteiger partial charge in [-0.05, 0) is 34.6 Å². The molecular weight excluding hydrogens is 228 g/mol. The van der Waals surface area contributed by atoms with Crippen molar-refractivity contribution in [2.24, 2.45) is 0 Å². The lowest BCUT2D eigenvalue weighted by Crippen LogP contribution is -1.88. The molecule has 88 valence electrons. The molecule has 0 N–H and O–H groups in total. The van der Waals surface area contributed by atoms with Gasteiger partial charge in [-0.3, -0.25) is 0 Å². The Bertz CT molecular complexity index is 488. The number of rotatable bonds is 3. The van der Waals surface area contributed by atoms with E-state index >= 15 is 0 Å². The van der Waals surface area contributed by atoms with E-state index in [2.05, 4.69) is 42.5 Å². The Morgan fingerprint density at radius 2 is 1.71 bits per heavy atom. The van der Waals surface area contributed by atoms with Crippen molar-refractivity contribution < 1.29 is 4.74 Å². The molecule has 0 bridgehead atoms. The first-order chi connectivity index (χ1) is 8.40. The van der Waals surface area contributed by atoms with Crippen LogP contribution < -0.4 is 0 Å². The van der Waals surface area contributed by atoms with Crippen molar-refractivity contribution in [3.63, 3.8) is 0 Å². The minimum Gasteiger partial charge on any atom is -0.485 e. The summed E-state index contributed by atoms with van der Waals surface area (Å²) in [5, 5.41) is 2.48. The minimum atomic E-state index is 0.550. The van der Waals surface area contributed by atoms with Crippen LogP contribution in [0.3, 0.4) is 0 Å². The first kappa shape index (κ1) is 12.1. The second-order valence-electron chi connectivity index (χ2n) is 4.15. The van der Waals surface area contributed by atoms with E-state index < -0.39 is 0 Å². The predicted molar refractivity (Wildman–Crippen MR) is 76.2 cm³/mol. The van der Waals surface area contributed by atoms with E-state index in [0.717, 1.165) is 5.56 Å². The van der Waals surface area contributed by atoms with Gasteiger partial charge in [-0.2, -0.15) is 0 Å². The van der Waals surface area contributed by atoms with Crippen LogP contribution in [0.1, 0.15) is 24.8 Å². The highest BCUT2D eigenvalue weighted by Gasteiger charge is 1.95. The Kier molecular flexibility index (Phi) is 4.51. The zero-order valence-corrected chi connectivity index (χ0v) is 10.6. The van der Waals surface area contributed by atoms with Gasteiger partial charge < -0.3 is 4.74 Å². The molecule has 1 aliphatic carbocycles. The fourth-order valence-corrected chi connectivity index (χ4v) is 1.53. The van der Waals surface area contributed by atoms with Gasteiger partial charge in [0.05, 0.1) is 0 Å². The van der Waals surface area contributed by atoms with Gasteiger partial charge in [0.15, 0.2) is 0 Å². The summed E-state index contributed by atoms with van der Waals surface area (Å²) in [6.45, 7) is 0.550. The maximum atomic E-state index is 5.06. The van der Waals surface area contributed by atoms with Crippen molar-refractivity contribution in [2.45, 2.75) is 25.9 Å². The molecule has 1 nitrogen and oxygen atoms in total. The monoisotopic (exact) mass is 244 g/mol. The average molecular weight is 244 g/mol. The SMILES string of the molecule is C1CC1.S=COCc1ccc2ccccc2c1. The first-order valence-electron chi connectivity index (χ1n) is 5.93.